The Morgan fingerprint density at radius 3 is 2.36 bits per heavy atom. The van der Waals surface area contributed by atoms with Gasteiger partial charge in [-0.25, -0.2) is 14.4 Å². The molecule has 0 radical (unpaired) electrons. The van der Waals surface area contributed by atoms with Crippen LogP contribution in [0.1, 0.15) is 31.4 Å². The van der Waals surface area contributed by atoms with Crippen molar-refractivity contribution in [2.24, 2.45) is 0 Å². The molecule has 4 nitrogen and oxygen atoms in total. The monoisotopic (exact) mass is 434 g/mol. The molecule has 0 fully saturated rings. The van der Waals surface area contributed by atoms with Crippen LogP contribution in [-0.2, 0) is 0 Å². The molecule has 2 N–H and O–H groups in total. The summed E-state index contributed by atoms with van der Waals surface area (Å²) in [5.74, 6) is 1.77. The predicted molar refractivity (Wildman–Crippen MR) is 133 cm³/mol. The number of aryl methyl sites for hydroxylation is 1. The maximum Gasteiger partial charge on any atom is 0.133 e. The summed E-state index contributed by atoms with van der Waals surface area (Å²) >= 11 is 0. The Morgan fingerprint density at radius 1 is 0.818 bits per heavy atom. The van der Waals surface area contributed by atoms with E-state index in [1.54, 1.807) is 12.3 Å². The van der Waals surface area contributed by atoms with Gasteiger partial charge in [0.15, 0.2) is 0 Å². The van der Waals surface area contributed by atoms with Crippen LogP contribution in [0.15, 0.2) is 66.9 Å². The zero-order valence-corrected chi connectivity index (χ0v) is 18.7. The maximum absolute atomic E-state index is 15.0. The number of fused-ring (bicyclic) bond motifs is 5. The Balaban J connectivity index is 1.42. The minimum Gasteiger partial charge on any atom is -0.342 e. The van der Waals surface area contributed by atoms with Crippen LogP contribution < -0.4 is 0 Å². The molecule has 0 aliphatic heterocycles. The molecule has 0 atom stereocenters. The first kappa shape index (κ1) is 19.7. The number of imidazole rings is 2. The molecular weight excluding hydrogens is 411 g/mol. The van der Waals surface area contributed by atoms with Gasteiger partial charge in [0.05, 0.1) is 22.9 Å². The molecule has 0 aliphatic rings. The lowest BCUT2D eigenvalue weighted by atomic mass is 9.96. The minimum absolute atomic E-state index is 0.263. The SMILES string of the molecule is Cc1nc2c(ccc3c4ccc(-c5ccc(-c6cnc(C(C)C)[nH]6)c(F)c5)cc4ccc32)[nH]1. The van der Waals surface area contributed by atoms with Crippen LogP contribution in [0.25, 0.3) is 55.0 Å². The van der Waals surface area contributed by atoms with Crippen molar-refractivity contribution < 1.29 is 4.39 Å². The molecule has 2 aromatic heterocycles. The quantitative estimate of drug-likeness (QED) is 0.283. The lowest BCUT2D eigenvalue weighted by Gasteiger charge is -2.09. The highest BCUT2D eigenvalue weighted by molar-refractivity contribution is 6.16. The topological polar surface area (TPSA) is 57.4 Å². The highest BCUT2D eigenvalue weighted by atomic mass is 19.1. The third kappa shape index (κ3) is 3.20. The first-order valence-electron chi connectivity index (χ1n) is 11.1. The van der Waals surface area contributed by atoms with Crippen molar-refractivity contribution >= 4 is 32.6 Å². The Hall–Kier alpha value is -3.99. The van der Waals surface area contributed by atoms with E-state index < -0.39 is 0 Å². The Labute approximate surface area is 190 Å². The van der Waals surface area contributed by atoms with Gasteiger partial charge in [-0.15, -0.1) is 0 Å². The number of nitrogens with zero attached hydrogens (tertiary/aromatic N) is 2. The van der Waals surface area contributed by atoms with Crippen LogP contribution in [0.3, 0.4) is 0 Å². The molecule has 5 heteroatoms. The lowest BCUT2D eigenvalue weighted by Crippen LogP contribution is -1.91. The van der Waals surface area contributed by atoms with E-state index in [9.17, 15) is 0 Å². The average molecular weight is 435 g/mol. The summed E-state index contributed by atoms with van der Waals surface area (Å²) in [4.78, 5) is 15.6. The minimum atomic E-state index is -0.263. The van der Waals surface area contributed by atoms with E-state index in [0.717, 1.165) is 50.0 Å². The van der Waals surface area contributed by atoms with E-state index in [1.165, 1.54) is 5.39 Å². The van der Waals surface area contributed by atoms with Gasteiger partial charge in [-0.3, -0.25) is 0 Å². The van der Waals surface area contributed by atoms with Crippen LogP contribution in [0.4, 0.5) is 4.39 Å². The fourth-order valence-electron chi connectivity index (χ4n) is 4.60. The maximum atomic E-state index is 15.0. The Kier molecular flexibility index (Phi) is 4.34. The predicted octanol–water partition coefficient (Wildman–Crippen LogP) is 7.50. The molecule has 0 saturated heterocycles. The van der Waals surface area contributed by atoms with Gasteiger partial charge in [0.1, 0.15) is 17.5 Å². The summed E-state index contributed by atoms with van der Waals surface area (Å²) in [5.41, 5.74) is 5.10. The van der Waals surface area contributed by atoms with Crippen LogP contribution in [0.5, 0.6) is 0 Å². The molecule has 2 heterocycles. The molecule has 0 bridgehead atoms. The summed E-state index contributed by atoms with van der Waals surface area (Å²) in [7, 11) is 0. The molecule has 4 aromatic carbocycles. The molecule has 0 spiro atoms. The third-order valence-corrected chi connectivity index (χ3v) is 6.32. The second-order valence-corrected chi connectivity index (χ2v) is 8.91. The van der Waals surface area contributed by atoms with Crippen LogP contribution in [0, 0.1) is 12.7 Å². The molecular formula is C28H23FN4. The highest BCUT2D eigenvalue weighted by Crippen LogP contribution is 2.34. The van der Waals surface area contributed by atoms with Gasteiger partial charge < -0.3 is 9.97 Å². The van der Waals surface area contributed by atoms with Crippen LogP contribution in [-0.4, -0.2) is 19.9 Å². The first-order valence-corrected chi connectivity index (χ1v) is 11.1. The number of aromatic amines is 2. The number of halogens is 1. The lowest BCUT2D eigenvalue weighted by molar-refractivity contribution is 0.631. The van der Waals surface area contributed by atoms with Crippen molar-refractivity contribution in [2.45, 2.75) is 26.7 Å². The van der Waals surface area contributed by atoms with E-state index >= 15 is 4.39 Å². The number of benzene rings is 4. The summed E-state index contributed by atoms with van der Waals surface area (Å²) in [6.07, 6.45) is 1.70. The number of aromatic nitrogens is 4. The first-order chi connectivity index (χ1) is 16.0. The van der Waals surface area contributed by atoms with Crippen molar-refractivity contribution in [3.05, 3.63) is 84.3 Å². The van der Waals surface area contributed by atoms with Crippen molar-refractivity contribution in [1.82, 2.24) is 19.9 Å². The largest absolute Gasteiger partial charge is 0.342 e. The molecule has 0 aliphatic carbocycles. The molecule has 0 saturated carbocycles. The highest BCUT2D eigenvalue weighted by Gasteiger charge is 2.13. The van der Waals surface area contributed by atoms with Crippen molar-refractivity contribution in [2.75, 3.05) is 0 Å². The number of hydrogen-bond acceptors (Lipinski definition) is 2. The average Bonchev–Trinajstić information content (AvgIpc) is 3.44. The normalized spacial score (nSPS) is 11.9. The molecule has 0 unspecified atom stereocenters. The second-order valence-electron chi connectivity index (χ2n) is 8.91. The van der Waals surface area contributed by atoms with Crippen molar-refractivity contribution in [1.29, 1.82) is 0 Å². The van der Waals surface area contributed by atoms with Gasteiger partial charge in [-0.05, 0) is 58.5 Å². The van der Waals surface area contributed by atoms with Gasteiger partial charge in [-0.2, -0.15) is 0 Å². The van der Waals surface area contributed by atoms with Gasteiger partial charge in [0, 0.05) is 16.9 Å². The van der Waals surface area contributed by atoms with E-state index in [1.807, 2.05) is 19.1 Å². The molecule has 6 rings (SSSR count). The molecule has 33 heavy (non-hydrogen) atoms. The summed E-state index contributed by atoms with van der Waals surface area (Å²) in [6, 6.07) is 20.2. The molecule has 162 valence electrons. The summed E-state index contributed by atoms with van der Waals surface area (Å²) < 4.78 is 15.0. The number of rotatable bonds is 3. The standard InChI is InChI=1S/C28H23FN4/c1-15(2)28-30-14-26(33-28)23-9-5-18(13-24(23)29)17-4-7-20-19(12-17)6-8-22-21(20)10-11-25-27(22)32-16(3)31-25/h4-15H,1-3H3,(H,30,33)(H,31,32). The molecule has 0 amide bonds. The zero-order chi connectivity index (χ0) is 22.7. The fraction of sp³-hybridized carbons (Fsp3) is 0.143. The summed E-state index contributed by atoms with van der Waals surface area (Å²) in [6.45, 7) is 6.09. The smallest absolute Gasteiger partial charge is 0.133 e. The number of hydrogen-bond donors (Lipinski definition) is 2. The van der Waals surface area contributed by atoms with Gasteiger partial charge in [0.25, 0.3) is 0 Å². The van der Waals surface area contributed by atoms with Gasteiger partial charge in [0.2, 0.25) is 0 Å². The van der Waals surface area contributed by atoms with Crippen LogP contribution in [0.2, 0.25) is 0 Å². The zero-order valence-electron chi connectivity index (χ0n) is 18.7. The van der Waals surface area contributed by atoms with E-state index in [2.05, 4.69) is 76.2 Å². The van der Waals surface area contributed by atoms with Crippen molar-refractivity contribution in [3.8, 4) is 22.4 Å². The van der Waals surface area contributed by atoms with Gasteiger partial charge in [-0.1, -0.05) is 50.2 Å². The van der Waals surface area contributed by atoms with E-state index in [4.69, 9.17) is 0 Å². The number of H-pyrrole nitrogens is 2. The fourth-order valence-corrected chi connectivity index (χ4v) is 4.60. The van der Waals surface area contributed by atoms with Crippen LogP contribution >= 0.6 is 0 Å². The Morgan fingerprint density at radius 2 is 1.58 bits per heavy atom. The number of nitrogens with one attached hydrogen (secondary N) is 2. The second kappa shape index (κ2) is 7.27. The Bertz CT molecular complexity index is 1670. The van der Waals surface area contributed by atoms with E-state index in [0.29, 0.717) is 11.3 Å². The third-order valence-electron chi connectivity index (χ3n) is 6.32. The molecule has 6 aromatic rings. The van der Waals surface area contributed by atoms with E-state index in [-0.39, 0.29) is 11.7 Å². The summed E-state index contributed by atoms with van der Waals surface area (Å²) in [5, 5.41) is 4.58. The van der Waals surface area contributed by atoms with Crippen molar-refractivity contribution in [3.63, 3.8) is 0 Å². The van der Waals surface area contributed by atoms with Gasteiger partial charge >= 0.3 is 0 Å².